The van der Waals surface area contributed by atoms with Gasteiger partial charge in [0.05, 0.1) is 10.5 Å². The molecule has 33 heavy (non-hydrogen) atoms. The Hall–Kier alpha value is -2.96. The molecular weight excluding hydrogens is 500 g/mol. The number of rotatable bonds is 4. The normalized spacial score (nSPS) is 12.0. The predicted molar refractivity (Wildman–Crippen MR) is 137 cm³/mol. The smallest absolute Gasteiger partial charge is 0.228 e. The number of aromatic nitrogens is 4. The summed E-state index contributed by atoms with van der Waals surface area (Å²) in [6.45, 7) is 0. The summed E-state index contributed by atoms with van der Waals surface area (Å²) in [5, 5.41) is 7.56. The van der Waals surface area contributed by atoms with Gasteiger partial charge in [-0.2, -0.15) is 9.50 Å². The summed E-state index contributed by atoms with van der Waals surface area (Å²) >= 11 is 24.5. The van der Waals surface area contributed by atoms with Crippen molar-refractivity contribution in [2.75, 3.05) is 0 Å². The van der Waals surface area contributed by atoms with Gasteiger partial charge >= 0.3 is 0 Å². The van der Waals surface area contributed by atoms with Crippen molar-refractivity contribution in [3.8, 4) is 0 Å². The molecule has 3 aromatic carbocycles. The molecule has 0 saturated heterocycles. The molecule has 0 fully saturated rings. The van der Waals surface area contributed by atoms with E-state index in [1.54, 1.807) is 41.1 Å². The van der Waals surface area contributed by atoms with E-state index in [2.05, 4.69) is 15.1 Å². The van der Waals surface area contributed by atoms with Crippen LogP contribution in [0.5, 0.6) is 0 Å². The quantitative estimate of drug-likeness (QED) is 0.231. The maximum atomic E-state index is 6.31. The maximum Gasteiger partial charge on any atom is 0.269 e. The second kappa shape index (κ2) is 9.12. The molecule has 5 nitrogen and oxygen atoms in total. The third-order valence-corrected chi connectivity index (χ3v) is 5.97. The van der Waals surface area contributed by atoms with E-state index in [1.807, 2.05) is 42.5 Å². The lowest BCUT2D eigenvalue weighted by molar-refractivity contribution is 0.918. The summed E-state index contributed by atoms with van der Waals surface area (Å²) in [5.41, 5.74) is 2.94. The summed E-state index contributed by atoms with van der Waals surface area (Å²) in [6, 6.07) is 18.2. The summed E-state index contributed by atoms with van der Waals surface area (Å²) in [7, 11) is 0. The first-order chi connectivity index (χ1) is 16.0. The number of hydrogen-bond donors (Lipinski definition) is 0. The highest BCUT2D eigenvalue weighted by molar-refractivity contribution is 6.36. The van der Waals surface area contributed by atoms with Gasteiger partial charge in [-0.05, 0) is 54.1 Å². The van der Waals surface area contributed by atoms with E-state index in [-0.39, 0.29) is 5.95 Å². The van der Waals surface area contributed by atoms with Crippen molar-refractivity contribution in [1.29, 1.82) is 0 Å². The topological polar surface area (TPSA) is 55.4 Å². The van der Waals surface area contributed by atoms with Gasteiger partial charge in [-0.15, -0.1) is 5.10 Å². The number of para-hydroxylation sites is 1. The number of hydrogen-bond acceptors (Lipinski definition) is 4. The Morgan fingerprint density at radius 3 is 2.18 bits per heavy atom. The van der Waals surface area contributed by atoms with Gasteiger partial charge in [0.2, 0.25) is 0 Å². The molecule has 0 aliphatic carbocycles. The van der Waals surface area contributed by atoms with Crippen molar-refractivity contribution in [2.45, 2.75) is 0 Å². The molecule has 0 aliphatic rings. The molecule has 9 heteroatoms. The minimum absolute atomic E-state index is 0.276. The van der Waals surface area contributed by atoms with Crippen LogP contribution in [0.15, 0.2) is 65.7 Å². The zero-order valence-electron chi connectivity index (χ0n) is 16.8. The number of benzene rings is 3. The van der Waals surface area contributed by atoms with Crippen LogP contribution in [-0.4, -0.2) is 25.8 Å². The van der Waals surface area contributed by atoms with Gasteiger partial charge in [-0.25, -0.2) is 9.98 Å². The molecule has 5 rings (SSSR count). The molecule has 0 N–H and O–H groups in total. The van der Waals surface area contributed by atoms with Crippen LogP contribution in [0.1, 0.15) is 17.0 Å². The number of nitrogens with zero attached hydrogens (tertiary/aromatic N) is 5. The standard InChI is InChI=1S/C24H13Cl4N5/c25-16-8-5-14(19(27)11-16)7-10-22-30-21-4-2-1-3-18(21)23-31-24(32-33(22)23)29-13-15-6-9-17(26)12-20(15)28/h1-13H. The average Bonchev–Trinajstić information content (AvgIpc) is 3.22. The van der Waals surface area contributed by atoms with Crippen LogP contribution in [0, 0.1) is 0 Å². The minimum atomic E-state index is 0.276. The second-order valence-electron chi connectivity index (χ2n) is 7.06. The van der Waals surface area contributed by atoms with Crippen LogP contribution in [0.25, 0.3) is 28.7 Å². The predicted octanol–water partition coefficient (Wildman–Crippen LogP) is 7.81. The molecule has 162 valence electrons. The molecule has 0 bridgehead atoms. The van der Waals surface area contributed by atoms with Gasteiger partial charge in [0.25, 0.3) is 5.95 Å². The maximum absolute atomic E-state index is 6.31. The first-order valence-corrected chi connectivity index (χ1v) is 11.3. The summed E-state index contributed by atoms with van der Waals surface area (Å²) in [4.78, 5) is 13.8. The highest BCUT2D eigenvalue weighted by Gasteiger charge is 2.12. The fourth-order valence-corrected chi connectivity index (χ4v) is 4.19. The number of aliphatic imine (C=N–C) groups is 1. The molecule has 0 saturated carbocycles. The molecule has 0 aliphatic heterocycles. The number of halogens is 4. The van der Waals surface area contributed by atoms with Gasteiger partial charge in [-0.3, -0.25) is 0 Å². The van der Waals surface area contributed by atoms with Crippen LogP contribution < -0.4 is 0 Å². The van der Waals surface area contributed by atoms with E-state index in [0.29, 0.717) is 37.1 Å². The molecular formula is C24H13Cl4N5. The molecule has 0 unspecified atom stereocenters. The first kappa shape index (κ1) is 21.9. The van der Waals surface area contributed by atoms with Gasteiger partial charge in [0, 0.05) is 32.2 Å². The van der Waals surface area contributed by atoms with E-state index in [4.69, 9.17) is 51.4 Å². The lowest BCUT2D eigenvalue weighted by Crippen LogP contribution is -1.98. The average molecular weight is 513 g/mol. The van der Waals surface area contributed by atoms with Crippen LogP contribution in [0.2, 0.25) is 20.1 Å². The Balaban J connectivity index is 1.60. The Morgan fingerprint density at radius 1 is 0.758 bits per heavy atom. The fraction of sp³-hybridized carbons (Fsp3) is 0. The zero-order valence-corrected chi connectivity index (χ0v) is 19.8. The molecule has 0 amide bonds. The largest absolute Gasteiger partial charge is 0.269 e. The molecule has 0 atom stereocenters. The fourth-order valence-electron chi connectivity index (χ4n) is 3.26. The van der Waals surface area contributed by atoms with Crippen molar-refractivity contribution in [3.05, 3.63) is 97.7 Å². The lowest BCUT2D eigenvalue weighted by atomic mass is 10.2. The van der Waals surface area contributed by atoms with E-state index in [1.165, 1.54) is 0 Å². The van der Waals surface area contributed by atoms with Gasteiger partial charge in [0.15, 0.2) is 11.5 Å². The van der Waals surface area contributed by atoms with Gasteiger partial charge in [0.1, 0.15) is 0 Å². The molecule has 0 spiro atoms. The van der Waals surface area contributed by atoms with Gasteiger partial charge in [-0.1, -0.05) is 70.7 Å². The molecule has 2 heterocycles. The monoisotopic (exact) mass is 511 g/mol. The molecule has 0 radical (unpaired) electrons. The van der Waals surface area contributed by atoms with E-state index >= 15 is 0 Å². The van der Waals surface area contributed by atoms with Crippen molar-refractivity contribution in [2.24, 2.45) is 4.99 Å². The Kier molecular flexibility index (Phi) is 6.04. The second-order valence-corrected chi connectivity index (χ2v) is 8.74. The van der Waals surface area contributed by atoms with Crippen LogP contribution in [0.4, 0.5) is 5.95 Å². The van der Waals surface area contributed by atoms with Crippen molar-refractivity contribution in [3.63, 3.8) is 0 Å². The summed E-state index contributed by atoms with van der Waals surface area (Å²) < 4.78 is 1.65. The molecule has 5 aromatic rings. The summed E-state index contributed by atoms with van der Waals surface area (Å²) in [5.74, 6) is 0.853. The minimum Gasteiger partial charge on any atom is -0.228 e. The highest BCUT2D eigenvalue weighted by atomic mass is 35.5. The Morgan fingerprint density at radius 2 is 1.45 bits per heavy atom. The lowest BCUT2D eigenvalue weighted by Gasteiger charge is -2.03. The van der Waals surface area contributed by atoms with Crippen molar-refractivity contribution >= 4 is 87.3 Å². The highest BCUT2D eigenvalue weighted by Crippen LogP contribution is 2.25. The zero-order chi connectivity index (χ0) is 22.9. The Labute approximate surface area is 208 Å². The van der Waals surface area contributed by atoms with Gasteiger partial charge < -0.3 is 0 Å². The van der Waals surface area contributed by atoms with Crippen LogP contribution in [0.3, 0.4) is 0 Å². The van der Waals surface area contributed by atoms with Crippen LogP contribution >= 0.6 is 46.4 Å². The van der Waals surface area contributed by atoms with E-state index in [9.17, 15) is 0 Å². The van der Waals surface area contributed by atoms with E-state index < -0.39 is 0 Å². The third kappa shape index (κ3) is 4.59. The molecule has 2 aromatic heterocycles. The van der Waals surface area contributed by atoms with Crippen molar-refractivity contribution in [1.82, 2.24) is 19.6 Å². The first-order valence-electron chi connectivity index (χ1n) is 9.76. The van der Waals surface area contributed by atoms with Crippen molar-refractivity contribution < 1.29 is 0 Å². The Bertz CT molecular complexity index is 1570. The summed E-state index contributed by atoms with van der Waals surface area (Å²) in [6.07, 6.45) is 5.28. The SMILES string of the molecule is Clc1ccc(C=Cc2nc3ccccc3c3nc(N=Cc4ccc(Cl)cc4Cl)nn23)c(Cl)c1. The number of fused-ring (bicyclic) bond motifs is 3. The van der Waals surface area contributed by atoms with Crippen LogP contribution in [-0.2, 0) is 0 Å². The van der Waals surface area contributed by atoms with E-state index in [0.717, 1.165) is 16.5 Å². The third-order valence-electron chi connectivity index (χ3n) is 4.85.